The van der Waals surface area contributed by atoms with Crippen LogP contribution >= 0.6 is 21.6 Å². The summed E-state index contributed by atoms with van der Waals surface area (Å²) in [5.41, 5.74) is 10.7. The molecule has 0 aliphatic carbocycles. The van der Waals surface area contributed by atoms with Gasteiger partial charge < -0.3 is 52.7 Å². The number of nitrogens with two attached hydrogens (primary N) is 2. The van der Waals surface area contributed by atoms with Gasteiger partial charge in [-0.2, -0.15) is 0 Å². The van der Waals surface area contributed by atoms with Crippen LogP contribution in [0, 0.1) is 0 Å². The van der Waals surface area contributed by atoms with Crippen molar-refractivity contribution in [1.82, 2.24) is 31.1 Å². The van der Waals surface area contributed by atoms with Gasteiger partial charge in [0, 0.05) is 11.5 Å². The van der Waals surface area contributed by atoms with Crippen molar-refractivity contribution in [2.45, 2.75) is 24.2 Å². The maximum absolute atomic E-state index is 12.4. The van der Waals surface area contributed by atoms with Crippen molar-refractivity contribution in [2.24, 2.45) is 11.5 Å². The number of nitrogens with zero attached hydrogens (tertiary/aromatic N) is 2. The van der Waals surface area contributed by atoms with Crippen molar-refractivity contribution in [1.29, 1.82) is 0 Å². The molecule has 18 heteroatoms. The molecule has 0 fully saturated rings. The number of carbonyl (C=O) groups is 6. The SMILES string of the molecule is CN(C)CC(=O)N[C@@H](CO)C(=O)N[C@H](CSSC[C@@H](NC(=O)[C@H](CO)NC(=O)CN(C)C)C(N)=O)C(N)=O. The molecular weight excluding hydrogens is 544 g/mol. The van der Waals surface area contributed by atoms with E-state index in [1.807, 2.05) is 0 Å². The summed E-state index contributed by atoms with van der Waals surface area (Å²) in [7, 11) is 8.67. The third kappa shape index (κ3) is 14.9. The number of carbonyl (C=O) groups excluding carboxylic acids is 6. The van der Waals surface area contributed by atoms with E-state index in [4.69, 9.17) is 11.5 Å². The number of hydrogen-bond donors (Lipinski definition) is 8. The fourth-order valence-corrected chi connectivity index (χ4v) is 4.96. The van der Waals surface area contributed by atoms with Crippen molar-refractivity contribution < 1.29 is 39.0 Å². The van der Waals surface area contributed by atoms with Gasteiger partial charge in [-0.15, -0.1) is 0 Å². The number of amides is 6. The monoisotopic (exact) mass is 582 g/mol. The minimum atomic E-state index is -1.30. The first kappa shape index (κ1) is 35.4. The molecule has 0 saturated heterocycles. The fourth-order valence-electron chi connectivity index (χ4n) is 2.61. The Morgan fingerprint density at radius 1 is 0.632 bits per heavy atom. The molecule has 0 aliphatic rings. The van der Waals surface area contributed by atoms with Crippen LogP contribution < -0.4 is 32.7 Å². The molecular formula is C20H38N8O8S2. The highest BCUT2D eigenvalue weighted by Crippen LogP contribution is 2.23. The van der Waals surface area contributed by atoms with Crippen LogP contribution in [0.2, 0.25) is 0 Å². The van der Waals surface area contributed by atoms with Gasteiger partial charge in [0.2, 0.25) is 35.4 Å². The van der Waals surface area contributed by atoms with Gasteiger partial charge in [-0.3, -0.25) is 28.8 Å². The van der Waals surface area contributed by atoms with Crippen LogP contribution in [-0.2, 0) is 28.8 Å². The Hall–Kier alpha value is -2.64. The van der Waals surface area contributed by atoms with Crippen LogP contribution in [0.15, 0.2) is 0 Å². The van der Waals surface area contributed by atoms with E-state index in [1.54, 1.807) is 38.0 Å². The third-order valence-corrected chi connectivity index (χ3v) is 6.88. The zero-order chi connectivity index (χ0) is 29.4. The summed E-state index contributed by atoms with van der Waals surface area (Å²) in [6.45, 7) is -1.45. The highest BCUT2D eigenvalue weighted by Gasteiger charge is 2.27. The molecule has 0 rings (SSSR count). The molecule has 0 unspecified atom stereocenters. The fraction of sp³-hybridized carbons (Fsp3) is 0.700. The molecule has 10 N–H and O–H groups in total. The quantitative estimate of drug-likeness (QED) is 0.0524. The number of rotatable bonds is 19. The van der Waals surface area contributed by atoms with Crippen molar-refractivity contribution in [3.05, 3.63) is 0 Å². The number of primary amides is 2. The molecule has 4 atom stereocenters. The van der Waals surface area contributed by atoms with E-state index in [2.05, 4.69) is 21.3 Å². The molecule has 0 aromatic carbocycles. The maximum atomic E-state index is 12.4. The highest BCUT2D eigenvalue weighted by atomic mass is 33.1. The number of nitrogens with one attached hydrogen (secondary N) is 4. The van der Waals surface area contributed by atoms with Crippen LogP contribution in [0.5, 0.6) is 0 Å². The Morgan fingerprint density at radius 2 is 0.947 bits per heavy atom. The third-order valence-electron chi connectivity index (χ3n) is 4.46. The van der Waals surface area contributed by atoms with Crippen LogP contribution in [0.1, 0.15) is 0 Å². The first-order chi connectivity index (χ1) is 17.7. The zero-order valence-electron chi connectivity index (χ0n) is 21.8. The van der Waals surface area contributed by atoms with Gasteiger partial charge in [-0.05, 0) is 28.2 Å². The Labute approximate surface area is 228 Å². The maximum Gasteiger partial charge on any atom is 0.245 e. The molecule has 0 heterocycles. The van der Waals surface area contributed by atoms with Crippen LogP contribution in [0.25, 0.3) is 0 Å². The summed E-state index contributed by atoms with van der Waals surface area (Å²) in [5, 5.41) is 28.3. The van der Waals surface area contributed by atoms with E-state index >= 15 is 0 Å². The summed E-state index contributed by atoms with van der Waals surface area (Å²) >= 11 is 0. The van der Waals surface area contributed by atoms with E-state index in [9.17, 15) is 39.0 Å². The molecule has 0 aromatic rings. The van der Waals surface area contributed by atoms with Crippen molar-refractivity contribution in [2.75, 3.05) is 66.0 Å². The summed E-state index contributed by atoms with van der Waals surface area (Å²) in [4.78, 5) is 75.3. The Kier molecular flexibility index (Phi) is 17.3. The minimum Gasteiger partial charge on any atom is -0.394 e. The summed E-state index contributed by atoms with van der Waals surface area (Å²) in [6.07, 6.45) is 0. The van der Waals surface area contributed by atoms with Gasteiger partial charge >= 0.3 is 0 Å². The normalized spacial score (nSPS) is 14.2. The Morgan fingerprint density at radius 3 is 1.18 bits per heavy atom. The van der Waals surface area contributed by atoms with Gasteiger partial charge in [-0.25, -0.2) is 0 Å². The molecule has 6 amide bonds. The van der Waals surface area contributed by atoms with Crippen LogP contribution in [0.4, 0.5) is 0 Å². The number of aliphatic hydroxyl groups excluding tert-OH is 2. The molecule has 16 nitrogen and oxygen atoms in total. The first-order valence-corrected chi connectivity index (χ1v) is 13.7. The molecule has 0 radical (unpaired) electrons. The van der Waals surface area contributed by atoms with E-state index in [-0.39, 0.29) is 24.6 Å². The number of likely N-dealkylation sites (N-methyl/N-ethyl adjacent to an activating group) is 2. The molecule has 0 bridgehead atoms. The summed E-state index contributed by atoms with van der Waals surface area (Å²) in [6, 6.07) is -4.94. The predicted molar refractivity (Wildman–Crippen MR) is 142 cm³/mol. The lowest BCUT2D eigenvalue weighted by molar-refractivity contribution is -0.132. The number of hydrogen-bond acceptors (Lipinski definition) is 12. The van der Waals surface area contributed by atoms with E-state index < -0.39 is 72.8 Å². The van der Waals surface area contributed by atoms with Crippen LogP contribution in [0.3, 0.4) is 0 Å². The largest absolute Gasteiger partial charge is 0.394 e. The average Bonchev–Trinajstić information content (AvgIpc) is 2.80. The second kappa shape index (κ2) is 18.6. The molecule has 0 aromatic heterocycles. The van der Waals surface area contributed by atoms with Gasteiger partial charge in [0.1, 0.15) is 24.2 Å². The summed E-state index contributed by atoms with van der Waals surface area (Å²) < 4.78 is 0. The Bertz CT molecular complexity index is 767. The molecule has 0 saturated carbocycles. The molecule has 0 spiro atoms. The smallest absolute Gasteiger partial charge is 0.245 e. The number of aliphatic hydroxyl groups is 2. The average molecular weight is 583 g/mol. The lowest BCUT2D eigenvalue weighted by atomic mass is 10.2. The van der Waals surface area contributed by atoms with E-state index in [1.165, 1.54) is 0 Å². The van der Waals surface area contributed by atoms with Crippen molar-refractivity contribution in [3.63, 3.8) is 0 Å². The predicted octanol–water partition coefficient (Wildman–Crippen LogP) is -5.61. The highest BCUT2D eigenvalue weighted by molar-refractivity contribution is 8.76. The standard InChI is InChI=1S/C20H38N8O8S2/c1-27(2)5-15(31)23-11(7-29)19(35)25-13(17(21)33)9-37-38-10-14(18(22)34)26-20(36)12(8-30)24-16(32)6-28(3)4/h11-14,29-30H,5-10H2,1-4H3,(H2,21,33)(H2,22,34)(H,23,31)(H,24,32)(H,25,35)(H,26,36)/t11-,12-,13+,14+/m0/s1. The zero-order valence-corrected chi connectivity index (χ0v) is 23.4. The second-order valence-electron chi connectivity index (χ2n) is 8.58. The molecule has 218 valence electrons. The topological polar surface area (TPSA) is 250 Å². The lowest BCUT2D eigenvalue weighted by Gasteiger charge is -2.22. The van der Waals surface area contributed by atoms with Gasteiger partial charge in [-0.1, -0.05) is 21.6 Å². The minimum absolute atomic E-state index is 0.0193. The van der Waals surface area contributed by atoms with Gasteiger partial charge in [0.15, 0.2) is 0 Å². The lowest BCUT2D eigenvalue weighted by Crippen LogP contribution is -2.56. The van der Waals surface area contributed by atoms with Crippen LogP contribution in [-0.4, -0.2) is 146 Å². The van der Waals surface area contributed by atoms with E-state index in [0.29, 0.717) is 0 Å². The Balaban J connectivity index is 4.89. The van der Waals surface area contributed by atoms with Crippen molar-refractivity contribution >= 4 is 57.0 Å². The van der Waals surface area contributed by atoms with Gasteiger partial charge in [0.05, 0.1) is 26.3 Å². The van der Waals surface area contributed by atoms with Gasteiger partial charge in [0.25, 0.3) is 0 Å². The van der Waals surface area contributed by atoms with E-state index in [0.717, 1.165) is 21.6 Å². The van der Waals surface area contributed by atoms with Crippen molar-refractivity contribution in [3.8, 4) is 0 Å². The second-order valence-corrected chi connectivity index (χ2v) is 11.1. The summed E-state index contributed by atoms with van der Waals surface area (Å²) in [5.74, 6) is -4.49. The molecule has 38 heavy (non-hydrogen) atoms. The molecule has 0 aliphatic heterocycles. The first-order valence-electron chi connectivity index (χ1n) is 11.2.